The van der Waals surface area contributed by atoms with Crippen LogP contribution in [0.4, 0.5) is 16.2 Å². The van der Waals surface area contributed by atoms with Gasteiger partial charge in [0, 0.05) is 18.4 Å². The standard InChI is InChI=1S/C26H28N2O6/c1-3-11-33-26(31)28-20-15-22(29)16(2)13-18(20)24(30)27-19-9-5-4-8-17(19)14-21(27)25(28)34-23-10-6-7-12-32-23/h3-5,8-9,13,15,21,23,25,29H,1,6-7,10-12,14H2,2H3/t21-,23?,25?/m0/s1. The van der Waals surface area contributed by atoms with Crippen LogP contribution in [-0.4, -0.2) is 48.9 Å². The van der Waals surface area contributed by atoms with Crippen molar-refractivity contribution in [3.05, 3.63) is 65.7 Å². The van der Waals surface area contributed by atoms with E-state index in [0.717, 1.165) is 24.1 Å². The molecule has 1 N–H and O–H groups in total. The van der Waals surface area contributed by atoms with Crippen LogP contribution in [0.2, 0.25) is 0 Å². The Bertz CT molecular complexity index is 1130. The Labute approximate surface area is 198 Å². The Balaban J connectivity index is 1.68. The number of nitrogens with zero attached hydrogens (tertiary/aromatic N) is 2. The second kappa shape index (κ2) is 9.12. The van der Waals surface area contributed by atoms with Gasteiger partial charge in [-0.2, -0.15) is 0 Å². The average Bonchev–Trinajstić information content (AvgIpc) is 3.20. The van der Waals surface area contributed by atoms with Crippen molar-refractivity contribution in [1.82, 2.24) is 0 Å². The maximum absolute atomic E-state index is 13.9. The Kier molecular flexibility index (Phi) is 6.02. The number of aromatic hydroxyl groups is 1. The van der Waals surface area contributed by atoms with Crippen LogP contribution >= 0.6 is 0 Å². The molecule has 3 aliphatic rings. The summed E-state index contributed by atoms with van der Waals surface area (Å²) in [4.78, 5) is 30.4. The second-order valence-electron chi connectivity index (χ2n) is 8.79. The van der Waals surface area contributed by atoms with Crippen LogP contribution in [0.25, 0.3) is 0 Å². The van der Waals surface area contributed by atoms with Gasteiger partial charge in [-0.15, -0.1) is 0 Å². The topological polar surface area (TPSA) is 88.5 Å². The van der Waals surface area contributed by atoms with E-state index in [0.29, 0.717) is 30.6 Å². The molecule has 8 nitrogen and oxygen atoms in total. The van der Waals surface area contributed by atoms with Gasteiger partial charge in [0.25, 0.3) is 5.91 Å². The number of ether oxygens (including phenoxy) is 3. The zero-order valence-electron chi connectivity index (χ0n) is 19.1. The van der Waals surface area contributed by atoms with Gasteiger partial charge in [-0.05, 0) is 55.9 Å². The number of carbonyl (C=O) groups is 2. The Morgan fingerprint density at radius 2 is 2.09 bits per heavy atom. The van der Waals surface area contributed by atoms with E-state index in [1.54, 1.807) is 17.9 Å². The van der Waals surface area contributed by atoms with Crippen molar-refractivity contribution < 1.29 is 28.9 Å². The molecule has 178 valence electrons. The summed E-state index contributed by atoms with van der Waals surface area (Å²) in [5.41, 5.74) is 2.86. The van der Waals surface area contributed by atoms with Gasteiger partial charge in [-0.1, -0.05) is 30.9 Å². The van der Waals surface area contributed by atoms with Crippen LogP contribution < -0.4 is 9.80 Å². The van der Waals surface area contributed by atoms with Gasteiger partial charge in [-0.3, -0.25) is 4.79 Å². The molecular formula is C26H28N2O6. The molecule has 1 saturated heterocycles. The molecule has 0 bridgehead atoms. The highest BCUT2D eigenvalue weighted by Crippen LogP contribution is 2.43. The molecule has 0 aliphatic carbocycles. The molecule has 2 aromatic rings. The summed E-state index contributed by atoms with van der Waals surface area (Å²) in [6.07, 6.45) is 2.47. The van der Waals surface area contributed by atoms with Crippen molar-refractivity contribution in [2.24, 2.45) is 0 Å². The van der Waals surface area contributed by atoms with E-state index in [9.17, 15) is 14.7 Å². The van der Waals surface area contributed by atoms with E-state index < -0.39 is 24.7 Å². The van der Waals surface area contributed by atoms with E-state index in [4.69, 9.17) is 14.2 Å². The van der Waals surface area contributed by atoms with Gasteiger partial charge in [0.1, 0.15) is 12.4 Å². The molecule has 3 atom stereocenters. The molecule has 0 spiro atoms. The van der Waals surface area contributed by atoms with Gasteiger partial charge in [0.2, 0.25) is 0 Å². The van der Waals surface area contributed by atoms with Crippen LogP contribution in [0.1, 0.15) is 40.7 Å². The van der Waals surface area contributed by atoms with Crippen molar-refractivity contribution in [3.63, 3.8) is 0 Å². The summed E-state index contributed by atoms with van der Waals surface area (Å²) in [5, 5.41) is 10.5. The van der Waals surface area contributed by atoms with Gasteiger partial charge in [0.05, 0.1) is 17.3 Å². The zero-order valence-corrected chi connectivity index (χ0v) is 19.1. The van der Waals surface area contributed by atoms with Gasteiger partial charge < -0.3 is 24.2 Å². The average molecular weight is 465 g/mol. The number of phenolic OH excluding ortho intramolecular Hbond substituents is 1. The van der Waals surface area contributed by atoms with E-state index >= 15 is 0 Å². The number of hydrogen-bond acceptors (Lipinski definition) is 6. The molecule has 3 aliphatic heterocycles. The monoisotopic (exact) mass is 464 g/mol. The van der Waals surface area contributed by atoms with Crippen LogP contribution in [0.3, 0.4) is 0 Å². The Morgan fingerprint density at radius 1 is 1.26 bits per heavy atom. The lowest BCUT2D eigenvalue weighted by Crippen LogP contribution is -2.55. The molecule has 8 heteroatoms. The molecule has 5 rings (SSSR count). The SMILES string of the molecule is C=CCOC(=O)N1c2cc(O)c(C)cc2C(=O)N2c3ccccc3C[C@H]2C1OC1CCCCO1. The van der Waals surface area contributed by atoms with Crippen molar-refractivity contribution >= 4 is 23.4 Å². The number of amides is 2. The molecule has 2 unspecified atom stereocenters. The molecule has 0 aromatic heterocycles. The number of carbonyl (C=O) groups excluding carboxylic acids is 2. The lowest BCUT2D eigenvalue weighted by Gasteiger charge is -2.38. The first kappa shape index (κ1) is 22.4. The molecule has 2 aromatic carbocycles. The van der Waals surface area contributed by atoms with Gasteiger partial charge in [0.15, 0.2) is 12.5 Å². The molecule has 0 radical (unpaired) electrons. The maximum atomic E-state index is 13.9. The smallest absolute Gasteiger partial charge is 0.416 e. The van der Waals surface area contributed by atoms with E-state index in [2.05, 4.69) is 6.58 Å². The summed E-state index contributed by atoms with van der Waals surface area (Å²) >= 11 is 0. The fraction of sp³-hybridized carbons (Fsp3) is 0.385. The third kappa shape index (κ3) is 3.82. The highest BCUT2D eigenvalue weighted by atomic mass is 16.7. The highest BCUT2D eigenvalue weighted by molar-refractivity contribution is 6.14. The zero-order chi connectivity index (χ0) is 23.8. The fourth-order valence-corrected chi connectivity index (χ4v) is 4.92. The fourth-order valence-electron chi connectivity index (χ4n) is 4.92. The predicted octanol–water partition coefficient (Wildman–Crippen LogP) is 4.28. The predicted molar refractivity (Wildman–Crippen MR) is 126 cm³/mol. The highest BCUT2D eigenvalue weighted by Gasteiger charge is 2.49. The van der Waals surface area contributed by atoms with Gasteiger partial charge >= 0.3 is 6.09 Å². The minimum Gasteiger partial charge on any atom is -0.508 e. The maximum Gasteiger partial charge on any atom is 0.416 e. The third-order valence-electron chi connectivity index (χ3n) is 6.57. The number of rotatable bonds is 4. The van der Waals surface area contributed by atoms with E-state index in [1.807, 2.05) is 24.3 Å². The summed E-state index contributed by atoms with van der Waals surface area (Å²) in [6, 6.07) is 10.2. The first-order valence-electron chi connectivity index (χ1n) is 11.6. The largest absolute Gasteiger partial charge is 0.508 e. The Morgan fingerprint density at radius 3 is 2.85 bits per heavy atom. The molecule has 2 amide bonds. The summed E-state index contributed by atoms with van der Waals surface area (Å²) in [6.45, 7) is 5.91. The van der Waals surface area contributed by atoms with E-state index in [-0.39, 0.29) is 24.0 Å². The first-order chi connectivity index (χ1) is 16.5. The lowest BCUT2D eigenvalue weighted by molar-refractivity contribution is -0.190. The third-order valence-corrected chi connectivity index (χ3v) is 6.57. The molecule has 1 fully saturated rings. The first-order valence-corrected chi connectivity index (χ1v) is 11.6. The molecule has 34 heavy (non-hydrogen) atoms. The Hall–Kier alpha value is -3.36. The van der Waals surface area contributed by atoms with Crippen LogP contribution in [0.5, 0.6) is 5.75 Å². The van der Waals surface area contributed by atoms with Crippen molar-refractivity contribution in [1.29, 1.82) is 0 Å². The summed E-state index contributed by atoms with van der Waals surface area (Å²) in [5.74, 6) is -0.284. The number of benzene rings is 2. The van der Waals surface area contributed by atoms with E-state index in [1.165, 1.54) is 17.0 Å². The van der Waals surface area contributed by atoms with Crippen LogP contribution in [0.15, 0.2) is 49.1 Å². The van der Waals surface area contributed by atoms with Crippen molar-refractivity contribution in [2.75, 3.05) is 23.0 Å². The van der Waals surface area contributed by atoms with Gasteiger partial charge in [-0.25, -0.2) is 9.69 Å². The summed E-state index contributed by atoms with van der Waals surface area (Å²) < 4.78 is 17.7. The number of hydrogen-bond donors (Lipinski definition) is 1. The van der Waals surface area contributed by atoms with Crippen LogP contribution in [0, 0.1) is 6.92 Å². The molecule has 0 saturated carbocycles. The number of anilines is 2. The number of para-hydroxylation sites is 1. The molecule has 3 heterocycles. The quantitative estimate of drug-likeness (QED) is 0.680. The number of aryl methyl sites for hydroxylation is 1. The normalized spacial score (nSPS) is 23.6. The number of phenols is 1. The second-order valence-corrected chi connectivity index (χ2v) is 8.79. The summed E-state index contributed by atoms with van der Waals surface area (Å²) in [7, 11) is 0. The molecular weight excluding hydrogens is 436 g/mol. The van der Waals surface area contributed by atoms with Crippen molar-refractivity contribution in [3.8, 4) is 5.75 Å². The number of fused-ring (bicyclic) bond motifs is 4. The minimum atomic E-state index is -0.889. The minimum absolute atomic E-state index is 0.00227. The lowest BCUT2D eigenvalue weighted by atomic mass is 10.1. The van der Waals surface area contributed by atoms with Crippen LogP contribution in [-0.2, 0) is 20.6 Å². The van der Waals surface area contributed by atoms with Crippen molar-refractivity contribution in [2.45, 2.75) is 51.2 Å².